The average molecular weight is 244 g/mol. The number of nitrogens with zero attached hydrogens (tertiary/aromatic N) is 2. The van der Waals surface area contributed by atoms with Crippen molar-refractivity contribution >= 4 is 23.4 Å². The predicted octanol–water partition coefficient (Wildman–Crippen LogP) is 2.26. The minimum Gasteiger partial charge on any atom is -0.369 e. The van der Waals surface area contributed by atoms with E-state index in [4.69, 9.17) is 17.4 Å². The van der Waals surface area contributed by atoms with Crippen molar-refractivity contribution in [3.05, 3.63) is 11.2 Å². The van der Waals surface area contributed by atoms with E-state index in [1.165, 1.54) is 12.6 Å². The van der Waals surface area contributed by atoms with Crippen molar-refractivity contribution in [1.82, 2.24) is 9.97 Å². The van der Waals surface area contributed by atoms with Gasteiger partial charge in [0.15, 0.2) is 5.82 Å². The molecule has 0 aliphatic carbocycles. The molecule has 0 amide bonds. The van der Waals surface area contributed by atoms with Crippen molar-refractivity contribution in [3.63, 3.8) is 0 Å². The molecule has 0 radical (unpaired) electrons. The topological polar surface area (TPSA) is 75.9 Å². The average Bonchev–Trinajstić information content (AvgIpc) is 2.26. The zero-order valence-corrected chi connectivity index (χ0v) is 10.4. The molecule has 4 N–H and O–H groups in total. The van der Waals surface area contributed by atoms with Gasteiger partial charge in [0.2, 0.25) is 5.95 Å². The quantitative estimate of drug-likeness (QED) is 0.406. The monoisotopic (exact) mass is 243 g/mol. The minimum atomic E-state index is 0.357. The van der Waals surface area contributed by atoms with E-state index in [0.29, 0.717) is 22.7 Å². The number of nitrogen functional groups attached to an aromatic ring is 1. The summed E-state index contributed by atoms with van der Waals surface area (Å²) in [6.07, 6.45) is 3.79. The number of aromatic nitrogens is 2. The molecule has 0 fully saturated rings. The van der Waals surface area contributed by atoms with E-state index in [1.54, 1.807) is 0 Å². The summed E-state index contributed by atoms with van der Waals surface area (Å²) in [4.78, 5) is 8.01. The second-order valence-corrected chi connectivity index (χ2v) is 4.40. The molecule has 5 nitrogen and oxygen atoms in total. The maximum absolute atomic E-state index is 5.94. The van der Waals surface area contributed by atoms with E-state index >= 15 is 0 Å². The molecule has 0 saturated heterocycles. The third kappa shape index (κ3) is 4.20. The fourth-order valence-corrected chi connectivity index (χ4v) is 1.44. The molecule has 1 heterocycles. The van der Waals surface area contributed by atoms with Gasteiger partial charge in [0.25, 0.3) is 0 Å². The SMILES string of the molecule is CC(C)CCCNc1nc(NN)ncc1Cl. The first-order valence-electron chi connectivity index (χ1n) is 5.36. The summed E-state index contributed by atoms with van der Waals surface area (Å²) < 4.78 is 0. The Labute approximate surface area is 101 Å². The van der Waals surface area contributed by atoms with Crippen molar-refractivity contribution in [3.8, 4) is 0 Å². The lowest BCUT2D eigenvalue weighted by molar-refractivity contribution is 0.566. The molecule has 1 rings (SSSR count). The fraction of sp³-hybridized carbons (Fsp3) is 0.600. The molecule has 1 aromatic heterocycles. The van der Waals surface area contributed by atoms with E-state index in [0.717, 1.165) is 13.0 Å². The van der Waals surface area contributed by atoms with E-state index in [1.807, 2.05) is 0 Å². The second-order valence-electron chi connectivity index (χ2n) is 4.00. The van der Waals surface area contributed by atoms with Crippen molar-refractivity contribution in [2.75, 3.05) is 17.3 Å². The molecule has 0 spiro atoms. The number of hydrogen-bond acceptors (Lipinski definition) is 5. The third-order valence-electron chi connectivity index (χ3n) is 2.12. The minimum absolute atomic E-state index is 0.357. The van der Waals surface area contributed by atoms with Gasteiger partial charge in [0.1, 0.15) is 5.02 Å². The zero-order chi connectivity index (χ0) is 12.0. The van der Waals surface area contributed by atoms with Gasteiger partial charge in [-0.25, -0.2) is 10.8 Å². The highest BCUT2D eigenvalue weighted by Gasteiger charge is 2.03. The molecule has 16 heavy (non-hydrogen) atoms. The molecule has 0 saturated carbocycles. The molecule has 0 atom stereocenters. The molecule has 6 heteroatoms. The van der Waals surface area contributed by atoms with Crippen molar-refractivity contribution in [1.29, 1.82) is 0 Å². The van der Waals surface area contributed by atoms with E-state index in [2.05, 4.69) is 34.6 Å². The number of hydrazine groups is 1. The number of nitrogens with one attached hydrogen (secondary N) is 2. The van der Waals surface area contributed by atoms with Gasteiger partial charge >= 0.3 is 0 Å². The van der Waals surface area contributed by atoms with Gasteiger partial charge in [-0.15, -0.1) is 0 Å². The summed E-state index contributed by atoms with van der Waals surface area (Å²) in [6.45, 7) is 5.25. The zero-order valence-electron chi connectivity index (χ0n) is 9.63. The lowest BCUT2D eigenvalue weighted by Gasteiger charge is -2.09. The number of halogens is 1. The Morgan fingerprint density at radius 2 is 2.25 bits per heavy atom. The van der Waals surface area contributed by atoms with Crippen LogP contribution in [0.25, 0.3) is 0 Å². The van der Waals surface area contributed by atoms with Gasteiger partial charge in [0, 0.05) is 6.54 Å². The van der Waals surface area contributed by atoms with Crippen LogP contribution in [-0.2, 0) is 0 Å². The van der Waals surface area contributed by atoms with Crippen LogP contribution in [0.2, 0.25) is 5.02 Å². The Balaban J connectivity index is 2.46. The number of hydrogen-bond donors (Lipinski definition) is 3. The van der Waals surface area contributed by atoms with Gasteiger partial charge in [-0.2, -0.15) is 4.98 Å². The molecule has 0 aromatic carbocycles. The Hall–Kier alpha value is -1.07. The van der Waals surface area contributed by atoms with Crippen molar-refractivity contribution in [2.45, 2.75) is 26.7 Å². The van der Waals surface area contributed by atoms with Crippen LogP contribution in [-0.4, -0.2) is 16.5 Å². The van der Waals surface area contributed by atoms with Crippen LogP contribution in [0.15, 0.2) is 6.20 Å². The molecule has 0 bridgehead atoms. The van der Waals surface area contributed by atoms with Crippen LogP contribution in [0.1, 0.15) is 26.7 Å². The molecule has 1 aromatic rings. The third-order valence-corrected chi connectivity index (χ3v) is 2.40. The van der Waals surface area contributed by atoms with E-state index in [9.17, 15) is 0 Å². The highest BCUT2D eigenvalue weighted by Crippen LogP contribution is 2.19. The summed E-state index contributed by atoms with van der Waals surface area (Å²) in [5.74, 6) is 6.91. The maximum Gasteiger partial charge on any atom is 0.239 e. The van der Waals surface area contributed by atoms with Gasteiger partial charge < -0.3 is 5.32 Å². The van der Waals surface area contributed by atoms with E-state index in [-0.39, 0.29) is 0 Å². The molecular formula is C10H18ClN5. The van der Waals surface area contributed by atoms with Crippen LogP contribution in [0.3, 0.4) is 0 Å². The second kappa shape index (κ2) is 6.50. The van der Waals surface area contributed by atoms with Crippen LogP contribution in [0, 0.1) is 5.92 Å². The van der Waals surface area contributed by atoms with Crippen LogP contribution in [0.4, 0.5) is 11.8 Å². The molecule has 0 aliphatic heterocycles. The largest absolute Gasteiger partial charge is 0.369 e. The lowest BCUT2D eigenvalue weighted by atomic mass is 10.1. The molecular weight excluding hydrogens is 226 g/mol. The van der Waals surface area contributed by atoms with E-state index < -0.39 is 0 Å². The molecule has 0 aliphatic rings. The Morgan fingerprint density at radius 1 is 1.50 bits per heavy atom. The Kier molecular flexibility index (Phi) is 5.28. The first-order chi connectivity index (χ1) is 7.63. The Bertz CT molecular complexity index is 329. The predicted molar refractivity (Wildman–Crippen MR) is 67.4 cm³/mol. The lowest BCUT2D eigenvalue weighted by Crippen LogP contribution is -2.12. The summed E-state index contributed by atoms with van der Waals surface area (Å²) in [5, 5.41) is 3.67. The number of nitrogens with two attached hydrogens (primary N) is 1. The van der Waals surface area contributed by atoms with Gasteiger partial charge in [-0.1, -0.05) is 25.4 Å². The smallest absolute Gasteiger partial charge is 0.239 e. The fourth-order valence-electron chi connectivity index (χ4n) is 1.28. The number of anilines is 2. The highest BCUT2D eigenvalue weighted by atomic mass is 35.5. The number of rotatable bonds is 6. The summed E-state index contributed by atoms with van der Waals surface area (Å²) in [5.41, 5.74) is 2.38. The summed E-state index contributed by atoms with van der Waals surface area (Å²) >= 11 is 5.94. The van der Waals surface area contributed by atoms with Crippen molar-refractivity contribution < 1.29 is 0 Å². The maximum atomic E-state index is 5.94. The van der Waals surface area contributed by atoms with Gasteiger partial charge in [-0.3, -0.25) is 5.43 Å². The van der Waals surface area contributed by atoms with Crippen LogP contribution >= 0.6 is 11.6 Å². The summed E-state index contributed by atoms with van der Waals surface area (Å²) in [6, 6.07) is 0. The summed E-state index contributed by atoms with van der Waals surface area (Å²) in [7, 11) is 0. The van der Waals surface area contributed by atoms with Crippen LogP contribution < -0.4 is 16.6 Å². The highest BCUT2D eigenvalue weighted by molar-refractivity contribution is 6.32. The standard InChI is InChI=1S/C10H18ClN5/c1-7(2)4-3-5-13-9-8(11)6-14-10(15-9)16-12/h6-7H,3-5,12H2,1-2H3,(H2,13,14,15,16). The van der Waals surface area contributed by atoms with Crippen molar-refractivity contribution in [2.24, 2.45) is 11.8 Å². The molecule has 0 unspecified atom stereocenters. The first kappa shape index (κ1) is 13.0. The first-order valence-corrected chi connectivity index (χ1v) is 5.74. The van der Waals surface area contributed by atoms with Crippen LogP contribution in [0.5, 0.6) is 0 Å². The van der Waals surface area contributed by atoms with Gasteiger partial charge in [0.05, 0.1) is 6.20 Å². The van der Waals surface area contributed by atoms with Gasteiger partial charge in [-0.05, 0) is 18.8 Å². The normalized spacial score (nSPS) is 10.6. The Morgan fingerprint density at radius 3 is 2.88 bits per heavy atom. The molecule has 90 valence electrons.